The molecule has 29 heavy (non-hydrogen) atoms. The van der Waals surface area contributed by atoms with Gasteiger partial charge in [-0.1, -0.05) is 6.42 Å². The van der Waals surface area contributed by atoms with E-state index in [4.69, 9.17) is 11.5 Å². The number of hydrogen-bond donors (Lipinski definition) is 2. The van der Waals surface area contributed by atoms with Crippen molar-refractivity contribution in [3.05, 3.63) is 18.2 Å². The lowest BCUT2D eigenvalue weighted by Crippen LogP contribution is -2.58. The molecule has 4 N–H and O–H groups in total. The highest BCUT2D eigenvalue weighted by Crippen LogP contribution is 2.43. The van der Waals surface area contributed by atoms with Crippen LogP contribution in [0.1, 0.15) is 32.1 Å². The van der Waals surface area contributed by atoms with E-state index in [0.29, 0.717) is 12.8 Å². The van der Waals surface area contributed by atoms with Crippen molar-refractivity contribution in [2.24, 2.45) is 21.5 Å². The highest BCUT2D eigenvalue weighted by atomic mass is 19.4. The van der Waals surface area contributed by atoms with E-state index < -0.39 is 29.9 Å². The Morgan fingerprint density at radius 3 is 2.07 bits per heavy atom. The third kappa shape index (κ3) is 4.77. The van der Waals surface area contributed by atoms with Crippen molar-refractivity contribution in [3.63, 3.8) is 0 Å². The molecule has 0 unspecified atom stereocenters. The number of nitrogens with two attached hydrogens (primary N) is 2. The fraction of sp³-hybridized carbons (Fsp3) is 0.500. The number of benzene rings is 1. The highest BCUT2D eigenvalue weighted by molar-refractivity contribution is 6.05. The van der Waals surface area contributed by atoms with Crippen LogP contribution in [-0.2, 0) is 0 Å². The van der Waals surface area contributed by atoms with Gasteiger partial charge in [0.2, 0.25) is 11.9 Å². The van der Waals surface area contributed by atoms with Gasteiger partial charge in [-0.2, -0.15) is 4.99 Å². The molecule has 2 aliphatic rings. The van der Waals surface area contributed by atoms with Gasteiger partial charge in [-0.25, -0.2) is 4.99 Å². The van der Waals surface area contributed by atoms with Gasteiger partial charge in [0.1, 0.15) is 5.66 Å². The monoisotopic (exact) mass is 425 g/mol. The number of nitrogens with zero attached hydrogens (tertiary/aromatic N) is 3. The molecule has 0 saturated heterocycles. The van der Waals surface area contributed by atoms with Crippen LogP contribution in [0.5, 0.6) is 11.5 Å². The third-order valence-corrected chi connectivity index (χ3v) is 4.49. The summed E-state index contributed by atoms with van der Waals surface area (Å²) in [7, 11) is 0. The Labute approximate surface area is 161 Å². The summed E-state index contributed by atoms with van der Waals surface area (Å²) in [5.74, 6) is -2.54. The first-order chi connectivity index (χ1) is 13.4. The summed E-state index contributed by atoms with van der Waals surface area (Å²) in [5.41, 5.74) is 10.7. The number of anilines is 1. The van der Waals surface area contributed by atoms with Crippen LogP contribution in [0.2, 0.25) is 0 Å². The molecule has 1 fully saturated rings. The molecule has 1 aromatic rings. The van der Waals surface area contributed by atoms with Gasteiger partial charge < -0.3 is 20.9 Å². The van der Waals surface area contributed by atoms with Gasteiger partial charge in [-0.15, -0.1) is 26.3 Å². The Morgan fingerprint density at radius 2 is 1.48 bits per heavy atom. The minimum atomic E-state index is -5.24. The first kappa shape index (κ1) is 20.9. The summed E-state index contributed by atoms with van der Waals surface area (Å²) in [6.45, 7) is 0. The van der Waals surface area contributed by atoms with Crippen LogP contribution in [0, 0.1) is 0 Å². The number of guanidine groups is 2. The largest absolute Gasteiger partial charge is 0.573 e. The average molecular weight is 425 g/mol. The van der Waals surface area contributed by atoms with E-state index in [2.05, 4.69) is 19.5 Å². The first-order valence-electron chi connectivity index (χ1n) is 8.54. The molecular formula is C16H17F6N5O2. The maximum absolute atomic E-state index is 12.7. The van der Waals surface area contributed by atoms with Crippen molar-refractivity contribution >= 4 is 17.6 Å². The SMILES string of the molecule is NC1=NC2(CCCCC2)N(c2ccc(OC(F)(F)F)c(OC(F)(F)F)c2)C(N)=N1. The molecule has 1 saturated carbocycles. The highest BCUT2D eigenvalue weighted by Gasteiger charge is 2.43. The van der Waals surface area contributed by atoms with E-state index in [9.17, 15) is 26.3 Å². The molecule has 1 heterocycles. The Morgan fingerprint density at radius 1 is 0.897 bits per heavy atom. The number of rotatable bonds is 3. The van der Waals surface area contributed by atoms with E-state index >= 15 is 0 Å². The number of halogens is 6. The van der Waals surface area contributed by atoms with Gasteiger partial charge in [0.25, 0.3) is 0 Å². The Balaban J connectivity index is 2.06. The summed E-state index contributed by atoms with van der Waals surface area (Å²) >= 11 is 0. The van der Waals surface area contributed by atoms with Gasteiger partial charge >= 0.3 is 12.7 Å². The molecule has 1 spiro atoms. The second-order valence-electron chi connectivity index (χ2n) is 6.55. The van der Waals surface area contributed by atoms with Crippen LogP contribution in [-0.4, -0.2) is 30.3 Å². The fourth-order valence-corrected chi connectivity index (χ4v) is 3.54. The van der Waals surface area contributed by atoms with Crippen LogP contribution in [0.25, 0.3) is 0 Å². The molecule has 1 aromatic carbocycles. The molecule has 0 radical (unpaired) electrons. The number of alkyl halides is 6. The maximum atomic E-state index is 12.7. The molecule has 0 atom stereocenters. The van der Waals surface area contributed by atoms with Gasteiger partial charge in [0, 0.05) is 6.07 Å². The van der Waals surface area contributed by atoms with Crippen LogP contribution in [0.3, 0.4) is 0 Å². The van der Waals surface area contributed by atoms with Gasteiger partial charge in [0.15, 0.2) is 11.5 Å². The quantitative estimate of drug-likeness (QED) is 0.722. The molecule has 0 amide bonds. The van der Waals surface area contributed by atoms with E-state index in [0.717, 1.165) is 37.5 Å². The smallest absolute Gasteiger partial charge is 0.402 e. The molecule has 7 nitrogen and oxygen atoms in total. The second kappa shape index (κ2) is 7.19. The number of ether oxygens (including phenoxy) is 2. The molecule has 3 rings (SSSR count). The molecule has 13 heteroatoms. The summed E-state index contributed by atoms with van der Waals surface area (Å²) in [4.78, 5) is 9.56. The van der Waals surface area contributed by atoms with Crippen LogP contribution in [0.4, 0.5) is 32.0 Å². The number of hydrogen-bond acceptors (Lipinski definition) is 7. The van der Waals surface area contributed by atoms with Gasteiger partial charge in [-0.3, -0.25) is 4.90 Å². The predicted octanol–water partition coefficient (Wildman–Crippen LogP) is 3.59. The topological polar surface area (TPSA) is 98.5 Å². The zero-order chi connectivity index (χ0) is 21.4. The Hall–Kier alpha value is -2.86. The van der Waals surface area contributed by atoms with Crippen molar-refractivity contribution in [1.82, 2.24) is 0 Å². The van der Waals surface area contributed by atoms with E-state index in [1.807, 2.05) is 0 Å². The van der Waals surface area contributed by atoms with Gasteiger partial charge in [0.05, 0.1) is 5.69 Å². The zero-order valence-corrected chi connectivity index (χ0v) is 14.8. The van der Waals surface area contributed by atoms with Crippen LogP contribution in [0.15, 0.2) is 28.2 Å². The average Bonchev–Trinajstić information content (AvgIpc) is 2.54. The standard InChI is InChI=1S/C16H17F6N5O2/c17-15(18,19)28-10-5-4-9(8-11(10)29-16(20,21)22)27-13(24)25-12(23)26-14(27)6-2-1-3-7-14/h4-5,8H,1-3,6-7H2,(H4,23,24,25,26). The Bertz CT molecular complexity index is 830. The first-order valence-corrected chi connectivity index (χ1v) is 8.54. The lowest BCUT2D eigenvalue weighted by atomic mass is 9.87. The molecule has 0 bridgehead atoms. The van der Waals surface area contributed by atoms with Crippen LogP contribution < -0.4 is 25.8 Å². The van der Waals surface area contributed by atoms with E-state index in [1.165, 1.54) is 4.90 Å². The second-order valence-corrected chi connectivity index (χ2v) is 6.55. The number of aliphatic imine (C=N–C) groups is 2. The normalized spacial score (nSPS) is 19.6. The molecule has 0 aromatic heterocycles. The van der Waals surface area contributed by atoms with Crippen LogP contribution >= 0.6 is 0 Å². The van der Waals surface area contributed by atoms with E-state index in [-0.39, 0.29) is 17.6 Å². The third-order valence-electron chi connectivity index (χ3n) is 4.49. The molecular weight excluding hydrogens is 408 g/mol. The maximum Gasteiger partial charge on any atom is 0.573 e. The van der Waals surface area contributed by atoms with Crippen molar-refractivity contribution in [1.29, 1.82) is 0 Å². The summed E-state index contributed by atoms with van der Waals surface area (Å²) in [5, 5.41) is 0. The minimum absolute atomic E-state index is 0.0122. The van der Waals surface area contributed by atoms with E-state index in [1.54, 1.807) is 0 Å². The van der Waals surface area contributed by atoms with Crippen molar-refractivity contribution in [2.45, 2.75) is 50.5 Å². The molecule has 1 aliphatic carbocycles. The minimum Gasteiger partial charge on any atom is -0.402 e. The predicted molar refractivity (Wildman–Crippen MR) is 91.3 cm³/mol. The molecule has 1 aliphatic heterocycles. The van der Waals surface area contributed by atoms with Gasteiger partial charge in [-0.05, 0) is 37.8 Å². The lowest BCUT2D eigenvalue weighted by molar-refractivity contribution is -0.287. The van der Waals surface area contributed by atoms with Crippen molar-refractivity contribution in [2.75, 3.05) is 4.90 Å². The zero-order valence-electron chi connectivity index (χ0n) is 14.8. The fourth-order valence-electron chi connectivity index (χ4n) is 3.54. The lowest BCUT2D eigenvalue weighted by Gasteiger charge is -2.45. The van der Waals surface area contributed by atoms with Crippen molar-refractivity contribution in [3.8, 4) is 11.5 Å². The Kier molecular flexibility index (Phi) is 5.17. The summed E-state index contributed by atoms with van der Waals surface area (Å²) in [6.07, 6.45) is -7.05. The summed E-state index contributed by atoms with van der Waals surface area (Å²) in [6, 6.07) is 2.60. The molecule has 160 valence electrons. The van der Waals surface area contributed by atoms with Crippen molar-refractivity contribution < 1.29 is 35.8 Å². The summed E-state index contributed by atoms with van der Waals surface area (Å²) < 4.78 is 83.3.